The van der Waals surface area contributed by atoms with Crippen molar-refractivity contribution in [1.29, 1.82) is 0 Å². The lowest BCUT2D eigenvalue weighted by Gasteiger charge is -2.26. The van der Waals surface area contributed by atoms with Gasteiger partial charge in [-0.15, -0.1) is 0 Å². The van der Waals surface area contributed by atoms with E-state index in [0.717, 1.165) is 44.0 Å². The summed E-state index contributed by atoms with van der Waals surface area (Å²) in [7, 11) is -1.25. The maximum Gasteiger partial charge on any atom is 0.194 e. The first-order chi connectivity index (χ1) is 13.2. The number of nitrogens with zero attached hydrogens (tertiary/aromatic N) is 1. The predicted octanol–water partition coefficient (Wildman–Crippen LogP) is 2.32. The summed E-state index contributed by atoms with van der Waals surface area (Å²) >= 11 is 0. The van der Waals surface area contributed by atoms with Crippen molar-refractivity contribution in [1.82, 2.24) is 10.2 Å². The molecule has 2 aromatic rings. The van der Waals surface area contributed by atoms with E-state index in [1.54, 1.807) is 23.6 Å². The quantitative estimate of drug-likeness (QED) is 0.777. The van der Waals surface area contributed by atoms with E-state index in [2.05, 4.69) is 10.2 Å². The van der Waals surface area contributed by atoms with Crippen molar-refractivity contribution in [3.8, 4) is 5.75 Å². The molecule has 0 aromatic heterocycles. The molecule has 27 heavy (non-hydrogen) atoms. The van der Waals surface area contributed by atoms with Crippen LogP contribution in [0, 0.1) is 0 Å². The Morgan fingerprint density at radius 1 is 1.07 bits per heavy atom. The summed E-state index contributed by atoms with van der Waals surface area (Å²) in [5, 5.41) is 4.88. The van der Waals surface area contributed by atoms with Gasteiger partial charge in [0.1, 0.15) is 12.4 Å². The Bertz CT molecular complexity index is 887. The first kappa shape index (κ1) is 18.1. The highest BCUT2D eigenvalue weighted by Crippen LogP contribution is 2.33. The van der Waals surface area contributed by atoms with Crippen LogP contribution in [0.5, 0.6) is 5.75 Å². The highest BCUT2D eigenvalue weighted by molar-refractivity contribution is 7.88. The predicted molar refractivity (Wildman–Crippen MR) is 106 cm³/mol. The van der Waals surface area contributed by atoms with Gasteiger partial charge < -0.3 is 10.1 Å². The van der Waals surface area contributed by atoms with Gasteiger partial charge in [0, 0.05) is 54.8 Å². The Labute approximate surface area is 161 Å². The van der Waals surface area contributed by atoms with E-state index in [0.29, 0.717) is 22.6 Å². The molecule has 1 unspecified atom stereocenters. The van der Waals surface area contributed by atoms with Crippen LogP contribution < -0.4 is 10.1 Å². The topological polar surface area (TPSA) is 58.6 Å². The first-order valence-corrected chi connectivity index (χ1v) is 10.4. The number of piperazine rings is 1. The van der Waals surface area contributed by atoms with Gasteiger partial charge in [0.25, 0.3) is 0 Å². The summed E-state index contributed by atoms with van der Waals surface area (Å²) in [4.78, 5) is 15.9. The van der Waals surface area contributed by atoms with Crippen LogP contribution in [0.1, 0.15) is 15.9 Å². The zero-order valence-corrected chi connectivity index (χ0v) is 15.8. The van der Waals surface area contributed by atoms with Crippen molar-refractivity contribution in [3.05, 3.63) is 65.1 Å². The lowest BCUT2D eigenvalue weighted by molar-refractivity contribution is 0.105. The molecule has 4 rings (SSSR count). The second-order valence-electron chi connectivity index (χ2n) is 6.62. The van der Waals surface area contributed by atoms with E-state index >= 15 is 0 Å². The normalized spacial score (nSPS) is 19.4. The van der Waals surface area contributed by atoms with E-state index < -0.39 is 10.8 Å². The van der Waals surface area contributed by atoms with Gasteiger partial charge in [0.2, 0.25) is 0 Å². The Morgan fingerprint density at radius 2 is 1.81 bits per heavy atom. The summed E-state index contributed by atoms with van der Waals surface area (Å²) in [6, 6.07) is 14.5. The molecule has 1 saturated heterocycles. The molecule has 2 heterocycles. The average molecular weight is 382 g/mol. The van der Waals surface area contributed by atoms with Crippen LogP contribution >= 0.6 is 0 Å². The number of nitrogens with one attached hydrogen (secondary N) is 1. The third-order valence-corrected chi connectivity index (χ3v) is 6.11. The molecule has 2 aliphatic heterocycles. The number of benzene rings is 2. The molecule has 1 fully saturated rings. The number of carbonyl (C=O) groups is 1. The SMILES string of the molecule is O=C(C1=CS(=O)c2ccccc21)c1ccc(OCCN2CCNCC2)cc1. The van der Waals surface area contributed by atoms with Gasteiger partial charge in [0.15, 0.2) is 5.78 Å². The summed E-state index contributed by atoms with van der Waals surface area (Å²) < 4.78 is 18.0. The molecule has 6 heteroatoms. The molecular weight excluding hydrogens is 360 g/mol. The minimum Gasteiger partial charge on any atom is -0.492 e. The van der Waals surface area contributed by atoms with Crippen molar-refractivity contribution in [2.24, 2.45) is 0 Å². The zero-order chi connectivity index (χ0) is 18.6. The fourth-order valence-corrected chi connectivity index (χ4v) is 4.54. The van der Waals surface area contributed by atoms with Gasteiger partial charge in [-0.05, 0) is 30.3 Å². The van der Waals surface area contributed by atoms with Gasteiger partial charge in [0.05, 0.1) is 15.7 Å². The molecule has 0 spiro atoms. The molecule has 0 amide bonds. The van der Waals surface area contributed by atoms with Crippen LogP contribution in [0.15, 0.2) is 58.8 Å². The second-order valence-corrected chi connectivity index (χ2v) is 7.89. The second kappa shape index (κ2) is 8.17. The molecule has 2 aromatic carbocycles. The molecule has 5 nitrogen and oxygen atoms in total. The molecule has 2 aliphatic rings. The van der Waals surface area contributed by atoms with Crippen molar-refractivity contribution in [2.45, 2.75) is 4.90 Å². The Hall–Kier alpha value is -2.28. The summed E-state index contributed by atoms with van der Waals surface area (Å²) in [6.07, 6.45) is 0. The maximum absolute atomic E-state index is 12.8. The lowest BCUT2D eigenvalue weighted by atomic mass is 9.98. The standard InChI is InChI=1S/C21H22N2O3S/c24-21(19-15-27(25)20-4-2-1-3-18(19)20)16-5-7-17(8-6-16)26-14-13-23-11-9-22-10-12-23/h1-8,15,22H,9-14H2. The molecule has 1 N–H and O–H groups in total. The number of fused-ring (bicyclic) bond motifs is 1. The molecule has 140 valence electrons. The highest BCUT2D eigenvalue weighted by atomic mass is 32.2. The van der Waals surface area contributed by atoms with Gasteiger partial charge in [-0.1, -0.05) is 18.2 Å². The van der Waals surface area contributed by atoms with Crippen molar-refractivity contribution >= 4 is 22.2 Å². The number of ether oxygens (including phenoxy) is 1. The van der Waals surface area contributed by atoms with Crippen LogP contribution in [-0.2, 0) is 10.8 Å². The molecule has 0 aliphatic carbocycles. The summed E-state index contributed by atoms with van der Waals surface area (Å²) in [5.41, 5.74) is 1.85. The molecule has 0 bridgehead atoms. The largest absolute Gasteiger partial charge is 0.492 e. The average Bonchev–Trinajstić information content (AvgIpc) is 3.06. The number of hydrogen-bond acceptors (Lipinski definition) is 5. The number of rotatable bonds is 6. The van der Waals surface area contributed by atoms with E-state index in [1.807, 2.05) is 30.3 Å². The van der Waals surface area contributed by atoms with E-state index in [4.69, 9.17) is 4.74 Å². The number of hydrogen-bond donors (Lipinski definition) is 1. The molecule has 1 atom stereocenters. The maximum atomic E-state index is 12.8. The summed E-state index contributed by atoms with van der Waals surface area (Å²) in [5.74, 6) is 0.645. The smallest absolute Gasteiger partial charge is 0.194 e. The number of Topliss-reactive ketones (excluding diaryl/α,β-unsaturated/α-hetero) is 1. The van der Waals surface area contributed by atoms with E-state index in [9.17, 15) is 9.00 Å². The van der Waals surface area contributed by atoms with Crippen LogP contribution in [0.25, 0.3) is 5.57 Å². The minimum atomic E-state index is -1.25. The third-order valence-electron chi connectivity index (χ3n) is 4.87. The Kier molecular flexibility index (Phi) is 5.48. The number of carbonyl (C=O) groups excluding carboxylic acids is 1. The molecular formula is C21H22N2O3S. The number of allylic oxidation sites excluding steroid dienone is 1. The van der Waals surface area contributed by atoms with Gasteiger partial charge >= 0.3 is 0 Å². The molecule has 0 saturated carbocycles. The first-order valence-electron chi connectivity index (χ1n) is 9.15. The Morgan fingerprint density at radius 3 is 2.59 bits per heavy atom. The summed E-state index contributed by atoms with van der Waals surface area (Å²) in [6.45, 7) is 5.69. The van der Waals surface area contributed by atoms with Crippen LogP contribution in [0.4, 0.5) is 0 Å². The lowest BCUT2D eigenvalue weighted by Crippen LogP contribution is -2.44. The van der Waals surface area contributed by atoms with Crippen molar-refractivity contribution in [3.63, 3.8) is 0 Å². The van der Waals surface area contributed by atoms with Crippen LogP contribution in [-0.4, -0.2) is 54.2 Å². The van der Waals surface area contributed by atoms with Gasteiger partial charge in [-0.25, -0.2) is 4.21 Å². The minimum absolute atomic E-state index is 0.110. The third kappa shape index (κ3) is 4.03. The van der Waals surface area contributed by atoms with Crippen LogP contribution in [0.2, 0.25) is 0 Å². The van der Waals surface area contributed by atoms with Crippen molar-refractivity contribution in [2.75, 3.05) is 39.3 Å². The van der Waals surface area contributed by atoms with Gasteiger partial charge in [-0.3, -0.25) is 9.69 Å². The highest BCUT2D eigenvalue weighted by Gasteiger charge is 2.25. The zero-order valence-electron chi connectivity index (χ0n) is 15.0. The Balaban J connectivity index is 1.38. The molecule has 0 radical (unpaired) electrons. The number of ketones is 1. The van der Waals surface area contributed by atoms with Crippen molar-refractivity contribution < 1.29 is 13.7 Å². The fourth-order valence-electron chi connectivity index (χ4n) is 3.36. The van der Waals surface area contributed by atoms with E-state index in [1.165, 1.54) is 0 Å². The van der Waals surface area contributed by atoms with Crippen LogP contribution in [0.3, 0.4) is 0 Å². The monoisotopic (exact) mass is 382 g/mol. The van der Waals surface area contributed by atoms with Gasteiger partial charge in [-0.2, -0.15) is 0 Å². The van der Waals surface area contributed by atoms with E-state index in [-0.39, 0.29) is 5.78 Å². The fraction of sp³-hybridized carbons (Fsp3) is 0.286.